The maximum Gasteiger partial charge on any atom is 0.191 e. The Balaban J connectivity index is 2.44. The number of nitrogens with zero attached hydrogens (tertiary/aromatic N) is 2. The molecule has 1 rings (SSSR count). The highest BCUT2D eigenvalue weighted by Crippen LogP contribution is 2.21. The van der Waals surface area contributed by atoms with Crippen molar-refractivity contribution >= 4 is 5.96 Å². The first-order chi connectivity index (χ1) is 6.25. The van der Waals surface area contributed by atoms with Crippen LogP contribution in [0.5, 0.6) is 0 Å². The van der Waals surface area contributed by atoms with Crippen molar-refractivity contribution in [2.24, 2.45) is 10.7 Å². The molecule has 1 aliphatic rings. The number of guanidine groups is 1. The molecule has 0 saturated heterocycles. The first-order valence-electron chi connectivity index (χ1n) is 5.28. The Labute approximate surface area is 81.0 Å². The summed E-state index contributed by atoms with van der Waals surface area (Å²) in [5.74, 6) is 0.703. The molecule has 1 saturated carbocycles. The highest BCUT2D eigenvalue weighted by atomic mass is 15.2. The lowest BCUT2D eigenvalue weighted by Gasteiger charge is -2.31. The van der Waals surface area contributed by atoms with Gasteiger partial charge in [-0.1, -0.05) is 19.3 Å². The third-order valence-corrected chi connectivity index (χ3v) is 2.80. The molecule has 0 aromatic heterocycles. The van der Waals surface area contributed by atoms with Crippen molar-refractivity contribution in [2.75, 3.05) is 13.6 Å². The van der Waals surface area contributed by atoms with Gasteiger partial charge in [-0.05, 0) is 19.8 Å². The summed E-state index contributed by atoms with van der Waals surface area (Å²) in [4.78, 5) is 6.36. The second kappa shape index (κ2) is 5.10. The molecule has 1 fully saturated rings. The lowest BCUT2D eigenvalue weighted by molar-refractivity contribution is 0.276. The van der Waals surface area contributed by atoms with Crippen LogP contribution in [0.4, 0.5) is 0 Å². The van der Waals surface area contributed by atoms with E-state index in [2.05, 4.69) is 16.9 Å². The molecule has 2 N–H and O–H groups in total. The minimum atomic E-state index is 0.629. The Bertz CT molecular complexity index is 171. The molecule has 0 heterocycles. The van der Waals surface area contributed by atoms with Crippen molar-refractivity contribution in [3.63, 3.8) is 0 Å². The Kier molecular flexibility index (Phi) is 4.06. The Morgan fingerprint density at radius 2 is 2.00 bits per heavy atom. The van der Waals surface area contributed by atoms with Gasteiger partial charge in [-0.25, -0.2) is 0 Å². The number of aliphatic imine (C=N–C) groups is 1. The molecule has 0 atom stereocenters. The zero-order valence-electron chi connectivity index (χ0n) is 8.79. The van der Waals surface area contributed by atoms with E-state index >= 15 is 0 Å². The van der Waals surface area contributed by atoms with E-state index in [1.54, 1.807) is 0 Å². The molecule has 3 nitrogen and oxygen atoms in total. The van der Waals surface area contributed by atoms with Crippen molar-refractivity contribution < 1.29 is 0 Å². The standard InChI is InChI=1S/C10H21N3/c1-3-12-10(11)13(2)9-7-5-4-6-8-9/h9H,3-8H2,1-2H3,(H2,11,12). The maximum absolute atomic E-state index is 5.83. The summed E-state index contributed by atoms with van der Waals surface area (Å²) in [5.41, 5.74) is 5.83. The average molecular weight is 183 g/mol. The molecule has 0 aliphatic heterocycles. The predicted molar refractivity (Wildman–Crippen MR) is 56.8 cm³/mol. The Morgan fingerprint density at radius 3 is 2.54 bits per heavy atom. The van der Waals surface area contributed by atoms with E-state index in [4.69, 9.17) is 5.73 Å². The average Bonchev–Trinajstić information content (AvgIpc) is 2.18. The zero-order chi connectivity index (χ0) is 9.68. The van der Waals surface area contributed by atoms with Crippen LogP contribution in [-0.2, 0) is 0 Å². The van der Waals surface area contributed by atoms with Crippen molar-refractivity contribution in [2.45, 2.75) is 45.1 Å². The van der Waals surface area contributed by atoms with E-state index in [-0.39, 0.29) is 0 Å². The van der Waals surface area contributed by atoms with Gasteiger partial charge in [0.25, 0.3) is 0 Å². The molecule has 0 amide bonds. The van der Waals surface area contributed by atoms with Crippen LogP contribution in [-0.4, -0.2) is 30.5 Å². The van der Waals surface area contributed by atoms with Crippen LogP contribution in [0, 0.1) is 0 Å². The Morgan fingerprint density at radius 1 is 1.38 bits per heavy atom. The predicted octanol–water partition coefficient (Wildman–Crippen LogP) is 1.59. The molecular formula is C10H21N3. The summed E-state index contributed by atoms with van der Waals surface area (Å²) in [6, 6.07) is 0.629. The van der Waals surface area contributed by atoms with Crippen molar-refractivity contribution in [1.29, 1.82) is 0 Å². The minimum Gasteiger partial charge on any atom is -0.370 e. The number of nitrogens with two attached hydrogens (primary N) is 1. The fraction of sp³-hybridized carbons (Fsp3) is 0.900. The highest BCUT2D eigenvalue weighted by molar-refractivity contribution is 5.78. The first-order valence-corrected chi connectivity index (χ1v) is 5.28. The van der Waals surface area contributed by atoms with Gasteiger partial charge in [-0.2, -0.15) is 0 Å². The summed E-state index contributed by atoms with van der Waals surface area (Å²) in [7, 11) is 2.06. The fourth-order valence-electron chi connectivity index (χ4n) is 1.93. The van der Waals surface area contributed by atoms with Gasteiger partial charge < -0.3 is 10.6 Å². The lowest BCUT2D eigenvalue weighted by Crippen LogP contribution is -2.42. The Hall–Kier alpha value is -0.730. The second-order valence-corrected chi connectivity index (χ2v) is 3.74. The monoisotopic (exact) mass is 183 g/mol. The topological polar surface area (TPSA) is 41.6 Å². The van der Waals surface area contributed by atoms with E-state index < -0.39 is 0 Å². The van der Waals surface area contributed by atoms with Gasteiger partial charge in [0.2, 0.25) is 0 Å². The maximum atomic E-state index is 5.83. The van der Waals surface area contributed by atoms with Crippen LogP contribution in [0.3, 0.4) is 0 Å². The molecule has 1 aliphatic carbocycles. The smallest absolute Gasteiger partial charge is 0.191 e. The lowest BCUT2D eigenvalue weighted by atomic mass is 9.95. The largest absolute Gasteiger partial charge is 0.370 e. The van der Waals surface area contributed by atoms with Crippen LogP contribution in [0.15, 0.2) is 4.99 Å². The second-order valence-electron chi connectivity index (χ2n) is 3.74. The normalized spacial score (nSPS) is 20.3. The summed E-state index contributed by atoms with van der Waals surface area (Å²) in [6.07, 6.45) is 6.62. The summed E-state index contributed by atoms with van der Waals surface area (Å²) in [5, 5.41) is 0. The van der Waals surface area contributed by atoms with E-state index in [0.29, 0.717) is 12.0 Å². The van der Waals surface area contributed by atoms with Gasteiger partial charge >= 0.3 is 0 Å². The summed E-state index contributed by atoms with van der Waals surface area (Å²) in [6.45, 7) is 2.80. The van der Waals surface area contributed by atoms with Crippen LogP contribution in [0.2, 0.25) is 0 Å². The van der Waals surface area contributed by atoms with Gasteiger partial charge in [0.05, 0.1) is 0 Å². The van der Waals surface area contributed by atoms with Crippen LogP contribution in [0.25, 0.3) is 0 Å². The molecule has 0 unspecified atom stereocenters. The van der Waals surface area contributed by atoms with Crippen molar-refractivity contribution in [1.82, 2.24) is 4.90 Å². The SMILES string of the molecule is CCN=C(N)N(C)C1CCCCC1. The number of hydrogen-bond acceptors (Lipinski definition) is 1. The van der Waals surface area contributed by atoms with Crippen molar-refractivity contribution in [3.05, 3.63) is 0 Å². The zero-order valence-corrected chi connectivity index (χ0v) is 8.79. The molecule has 0 bridgehead atoms. The molecular weight excluding hydrogens is 162 g/mol. The van der Waals surface area contributed by atoms with E-state index in [0.717, 1.165) is 6.54 Å². The third-order valence-electron chi connectivity index (χ3n) is 2.80. The highest BCUT2D eigenvalue weighted by Gasteiger charge is 2.18. The summed E-state index contributed by atoms with van der Waals surface area (Å²) < 4.78 is 0. The molecule has 13 heavy (non-hydrogen) atoms. The van der Waals surface area contributed by atoms with Crippen LogP contribution >= 0.6 is 0 Å². The van der Waals surface area contributed by atoms with E-state index in [9.17, 15) is 0 Å². The van der Waals surface area contributed by atoms with Gasteiger partial charge in [-0.3, -0.25) is 4.99 Å². The molecule has 0 spiro atoms. The van der Waals surface area contributed by atoms with Crippen molar-refractivity contribution in [3.8, 4) is 0 Å². The van der Waals surface area contributed by atoms with Gasteiger partial charge in [0.15, 0.2) is 5.96 Å². The fourth-order valence-corrected chi connectivity index (χ4v) is 1.93. The molecule has 3 heteroatoms. The van der Waals surface area contributed by atoms with Crippen LogP contribution in [0.1, 0.15) is 39.0 Å². The number of rotatable bonds is 2. The molecule has 0 aromatic carbocycles. The minimum absolute atomic E-state index is 0.629. The van der Waals surface area contributed by atoms with E-state index in [1.165, 1.54) is 32.1 Å². The number of hydrogen-bond donors (Lipinski definition) is 1. The van der Waals surface area contributed by atoms with Crippen LogP contribution < -0.4 is 5.73 Å². The first kappa shape index (κ1) is 10.4. The molecule has 76 valence electrons. The van der Waals surface area contributed by atoms with Gasteiger partial charge in [-0.15, -0.1) is 0 Å². The van der Waals surface area contributed by atoms with Gasteiger partial charge in [0.1, 0.15) is 0 Å². The van der Waals surface area contributed by atoms with Gasteiger partial charge in [0, 0.05) is 19.6 Å². The molecule has 0 aromatic rings. The summed E-state index contributed by atoms with van der Waals surface area (Å²) >= 11 is 0. The quantitative estimate of drug-likeness (QED) is 0.521. The van der Waals surface area contributed by atoms with E-state index in [1.807, 2.05) is 6.92 Å². The third kappa shape index (κ3) is 2.90. The molecule has 0 radical (unpaired) electrons.